The zero-order chi connectivity index (χ0) is 13.8. The number of nitrogens with zero attached hydrogens (tertiary/aromatic N) is 1. The first-order chi connectivity index (χ1) is 9.11. The van der Waals surface area contributed by atoms with Gasteiger partial charge in [0.25, 0.3) is 5.91 Å². The minimum Gasteiger partial charge on any atom is -0.491 e. The molecule has 0 aromatic heterocycles. The van der Waals surface area contributed by atoms with Crippen molar-refractivity contribution in [2.75, 3.05) is 19.7 Å². The molecule has 104 valence electrons. The molecule has 1 fully saturated rings. The average Bonchev–Trinajstić information content (AvgIpc) is 2.40. The van der Waals surface area contributed by atoms with Crippen LogP contribution in [0, 0.1) is 5.82 Å². The Labute approximate surface area is 111 Å². The molecule has 5 heteroatoms. The van der Waals surface area contributed by atoms with E-state index in [1.807, 2.05) is 0 Å². The van der Waals surface area contributed by atoms with Gasteiger partial charge in [-0.15, -0.1) is 0 Å². The first-order valence-electron chi connectivity index (χ1n) is 6.51. The van der Waals surface area contributed by atoms with Crippen LogP contribution in [0.5, 0.6) is 5.75 Å². The molecule has 0 aliphatic carbocycles. The number of likely N-dealkylation sites (tertiary alicyclic amines) is 1. The number of hydrogen-bond acceptors (Lipinski definition) is 3. The second kappa shape index (κ2) is 6.02. The van der Waals surface area contributed by atoms with Crippen molar-refractivity contribution in [3.63, 3.8) is 0 Å². The van der Waals surface area contributed by atoms with Gasteiger partial charge in [-0.05, 0) is 38.0 Å². The molecule has 0 spiro atoms. The van der Waals surface area contributed by atoms with Crippen LogP contribution >= 0.6 is 0 Å². The number of rotatable bonds is 3. The van der Waals surface area contributed by atoms with Crippen LogP contribution in [0.1, 0.15) is 30.1 Å². The highest BCUT2D eigenvalue weighted by Crippen LogP contribution is 2.20. The summed E-state index contributed by atoms with van der Waals surface area (Å²) in [4.78, 5) is 13.7. The molecule has 1 N–H and O–H groups in total. The molecule has 1 unspecified atom stereocenters. The largest absolute Gasteiger partial charge is 0.491 e. The highest BCUT2D eigenvalue weighted by Gasteiger charge is 2.23. The molecule has 1 saturated heterocycles. The fourth-order valence-corrected chi connectivity index (χ4v) is 2.23. The van der Waals surface area contributed by atoms with E-state index in [9.17, 15) is 14.3 Å². The maximum atomic E-state index is 13.7. The molecule has 1 aliphatic rings. The Hall–Kier alpha value is -1.62. The van der Waals surface area contributed by atoms with Gasteiger partial charge in [0.05, 0.1) is 12.7 Å². The van der Waals surface area contributed by atoms with E-state index < -0.39 is 11.9 Å². The predicted molar refractivity (Wildman–Crippen MR) is 68.7 cm³/mol. The molecule has 4 nitrogen and oxygen atoms in total. The SMILES string of the molecule is CCOc1ccc(C(=O)N2CCCC(O)C2)cc1F. The molecule has 1 aromatic rings. The second-order valence-electron chi connectivity index (χ2n) is 4.63. The monoisotopic (exact) mass is 267 g/mol. The van der Waals surface area contributed by atoms with E-state index in [4.69, 9.17) is 4.74 Å². The summed E-state index contributed by atoms with van der Waals surface area (Å²) in [6.07, 6.45) is 0.999. The van der Waals surface area contributed by atoms with Crippen LogP contribution in [-0.2, 0) is 0 Å². The summed E-state index contributed by atoms with van der Waals surface area (Å²) >= 11 is 0. The molecular formula is C14H18FNO3. The Balaban J connectivity index is 2.12. The lowest BCUT2D eigenvalue weighted by Crippen LogP contribution is -2.42. The molecule has 1 amide bonds. The summed E-state index contributed by atoms with van der Waals surface area (Å²) in [5.41, 5.74) is 0.287. The van der Waals surface area contributed by atoms with Crippen molar-refractivity contribution in [1.29, 1.82) is 0 Å². The van der Waals surface area contributed by atoms with Crippen LogP contribution in [0.3, 0.4) is 0 Å². The summed E-state index contributed by atoms with van der Waals surface area (Å²) < 4.78 is 18.8. The minimum absolute atomic E-state index is 0.151. The highest BCUT2D eigenvalue weighted by molar-refractivity contribution is 5.94. The Morgan fingerprint density at radius 3 is 3.00 bits per heavy atom. The van der Waals surface area contributed by atoms with Crippen molar-refractivity contribution in [3.05, 3.63) is 29.6 Å². The lowest BCUT2D eigenvalue weighted by molar-refractivity contribution is 0.0473. The van der Waals surface area contributed by atoms with Crippen molar-refractivity contribution in [3.8, 4) is 5.75 Å². The van der Waals surface area contributed by atoms with E-state index in [0.717, 1.165) is 6.42 Å². The third-order valence-electron chi connectivity index (χ3n) is 3.16. The van der Waals surface area contributed by atoms with Crippen LogP contribution < -0.4 is 4.74 Å². The van der Waals surface area contributed by atoms with Crippen molar-refractivity contribution >= 4 is 5.91 Å². The zero-order valence-corrected chi connectivity index (χ0v) is 10.9. The van der Waals surface area contributed by atoms with Crippen LogP contribution in [-0.4, -0.2) is 41.7 Å². The number of amides is 1. The molecule has 1 aliphatic heterocycles. The quantitative estimate of drug-likeness (QED) is 0.908. The molecule has 1 heterocycles. The summed E-state index contributed by atoms with van der Waals surface area (Å²) in [6.45, 7) is 3.06. The molecule has 19 heavy (non-hydrogen) atoms. The second-order valence-corrected chi connectivity index (χ2v) is 4.63. The molecule has 1 aromatic carbocycles. The fourth-order valence-electron chi connectivity index (χ4n) is 2.23. The number of benzene rings is 1. The first-order valence-corrected chi connectivity index (χ1v) is 6.51. The zero-order valence-electron chi connectivity index (χ0n) is 10.9. The van der Waals surface area contributed by atoms with E-state index >= 15 is 0 Å². The van der Waals surface area contributed by atoms with E-state index in [-0.39, 0.29) is 17.2 Å². The summed E-state index contributed by atoms with van der Waals surface area (Å²) in [5, 5.41) is 9.56. The van der Waals surface area contributed by atoms with Gasteiger partial charge in [-0.3, -0.25) is 4.79 Å². The number of aliphatic hydroxyl groups is 1. The summed E-state index contributed by atoms with van der Waals surface area (Å²) in [7, 11) is 0. The first kappa shape index (κ1) is 13.8. The highest BCUT2D eigenvalue weighted by atomic mass is 19.1. The molecule has 1 atom stereocenters. The molecular weight excluding hydrogens is 249 g/mol. The van der Waals surface area contributed by atoms with Crippen molar-refractivity contribution < 1.29 is 19.0 Å². The number of halogens is 1. The van der Waals surface area contributed by atoms with Crippen LogP contribution in [0.15, 0.2) is 18.2 Å². The van der Waals surface area contributed by atoms with Gasteiger partial charge >= 0.3 is 0 Å². The molecule has 0 bridgehead atoms. The van der Waals surface area contributed by atoms with Crippen molar-refractivity contribution in [1.82, 2.24) is 4.90 Å². The number of aliphatic hydroxyl groups excluding tert-OH is 1. The minimum atomic E-state index is -0.537. The van der Waals surface area contributed by atoms with Gasteiger partial charge in [-0.1, -0.05) is 0 Å². The van der Waals surface area contributed by atoms with Gasteiger partial charge < -0.3 is 14.7 Å². The molecule has 0 radical (unpaired) electrons. The summed E-state index contributed by atoms with van der Waals surface area (Å²) in [6, 6.07) is 4.21. The fraction of sp³-hybridized carbons (Fsp3) is 0.500. The van der Waals surface area contributed by atoms with Gasteiger partial charge in [0.15, 0.2) is 11.6 Å². The average molecular weight is 267 g/mol. The standard InChI is InChI=1S/C14H18FNO3/c1-2-19-13-6-5-10(8-12(13)15)14(18)16-7-3-4-11(17)9-16/h5-6,8,11,17H,2-4,7,9H2,1H3. The van der Waals surface area contributed by atoms with Gasteiger partial charge in [0.2, 0.25) is 0 Å². The topological polar surface area (TPSA) is 49.8 Å². The van der Waals surface area contributed by atoms with E-state index in [0.29, 0.717) is 26.1 Å². The van der Waals surface area contributed by atoms with Gasteiger partial charge in [0, 0.05) is 18.7 Å². The number of hydrogen-bond donors (Lipinski definition) is 1. The van der Waals surface area contributed by atoms with E-state index in [1.165, 1.54) is 12.1 Å². The Kier molecular flexibility index (Phi) is 4.37. The number of β-amino-alcohol motifs (C(OH)–C–C–N with tert-alkyl or cyclic N) is 1. The maximum absolute atomic E-state index is 13.7. The van der Waals surface area contributed by atoms with Crippen LogP contribution in [0.25, 0.3) is 0 Å². The summed E-state index contributed by atoms with van der Waals surface area (Å²) in [5.74, 6) is -0.635. The Bertz CT molecular complexity index is 464. The Morgan fingerprint density at radius 1 is 1.58 bits per heavy atom. The molecule has 0 saturated carbocycles. The third kappa shape index (κ3) is 3.23. The number of piperidine rings is 1. The lowest BCUT2D eigenvalue weighted by atomic mass is 10.1. The van der Waals surface area contributed by atoms with Crippen molar-refractivity contribution in [2.24, 2.45) is 0 Å². The third-order valence-corrected chi connectivity index (χ3v) is 3.16. The van der Waals surface area contributed by atoms with Gasteiger partial charge in [0.1, 0.15) is 0 Å². The normalized spacial score (nSPS) is 19.3. The van der Waals surface area contributed by atoms with Crippen molar-refractivity contribution in [2.45, 2.75) is 25.9 Å². The lowest BCUT2D eigenvalue weighted by Gasteiger charge is -2.30. The number of ether oxygens (including phenoxy) is 1. The number of carbonyl (C=O) groups excluding carboxylic acids is 1. The van der Waals surface area contributed by atoms with E-state index in [2.05, 4.69) is 0 Å². The number of carbonyl (C=O) groups is 1. The molecule has 2 rings (SSSR count). The van der Waals surface area contributed by atoms with Crippen LogP contribution in [0.4, 0.5) is 4.39 Å². The smallest absolute Gasteiger partial charge is 0.254 e. The Morgan fingerprint density at radius 2 is 2.37 bits per heavy atom. The van der Waals surface area contributed by atoms with E-state index in [1.54, 1.807) is 17.9 Å². The van der Waals surface area contributed by atoms with Crippen LogP contribution in [0.2, 0.25) is 0 Å². The van der Waals surface area contributed by atoms with Gasteiger partial charge in [-0.2, -0.15) is 0 Å². The predicted octanol–water partition coefficient (Wildman–Crippen LogP) is 1.82. The maximum Gasteiger partial charge on any atom is 0.254 e. The van der Waals surface area contributed by atoms with Gasteiger partial charge in [-0.25, -0.2) is 4.39 Å².